The Balaban J connectivity index is 2.09. The van der Waals surface area contributed by atoms with Crippen LogP contribution in [0.3, 0.4) is 0 Å². The van der Waals surface area contributed by atoms with Crippen LogP contribution in [0.4, 0.5) is 20.3 Å². The first-order valence-corrected chi connectivity index (χ1v) is 6.71. The van der Waals surface area contributed by atoms with Gasteiger partial charge in [0.1, 0.15) is 11.2 Å². The van der Waals surface area contributed by atoms with Crippen LogP contribution in [0.25, 0.3) is 0 Å². The molecule has 1 heterocycles. The summed E-state index contributed by atoms with van der Waals surface area (Å²) < 4.78 is 30.8. The summed E-state index contributed by atoms with van der Waals surface area (Å²) in [5, 5.41) is 8.43. The van der Waals surface area contributed by atoms with E-state index in [0.717, 1.165) is 12.1 Å². The van der Waals surface area contributed by atoms with Gasteiger partial charge < -0.3 is 15.2 Å². The first kappa shape index (κ1) is 16.6. The molecule has 0 aliphatic carbocycles. The number of aryl methyl sites for hydroxylation is 1. The van der Waals surface area contributed by atoms with Gasteiger partial charge in [0.2, 0.25) is 11.8 Å². The van der Waals surface area contributed by atoms with Gasteiger partial charge in [-0.2, -0.15) is 0 Å². The van der Waals surface area contributed by atoms with Gasteiger partial charge in [-0.3, -0.25) is 9.59 Å². The van der Waals surface area contributed by atoms with Crippen molar-refractivity contribution in [2.75, 3.05) is 10.6 Å². The van der Waals surface area contributed by atoms with E-state index < -0.39 is 28.9 Å². The highest BCUT2D eigenvalue weighted by Crippen LogP contribution is 2.22. The number of benzene rings is 1. The minimum absolute atomic E-state index is 0.0482. The molecule has 122 valence electrons. The van der Waals surface area contributed by atoms with Gasteiger partial charge in [-0.05, 0) is 32.9 Å². The van der Waals surface area contributed by atoms with Crippen molar-refractivity contribution in [1.29, 1.82) is 0 Å². The average Bonchev–Trinajstić information content (AvgIpc) is 2.88. The van der Waals surface area contributed by atoms with Gasteiger partial charge >= 0.3 is 0 Å². The van der Waals surface area contributed by atoms with Gasteiger partial charge in [0.15, 0.2) is 17.5 Å². The number of carbonyl (C=O) groups excluding carboxylic acids is 2. The number of nitrogens with zero attached hydrogens (tertiary/aromatic N) is 1. The maximum atomic E-state index is 13.2. The number of hydrogen-bond acceptors (Lipinski definition) is 4. The summed E-state index contributed by atoms with van der Waals surface area (Å²) in [5.74, 6) is -2.73. The van der Waals surface area contributed by atoms with Crippen LogP contribution in [0, 0.1) is 24.0 Å². The Hall–Kier alpha value is -2.77. The highest BCUT2D eigenvalue weighted by molar-refractivity contribution is 6.13. The zero-order valence-electron chi connectivity index (χ0n) is 12.7. The Kier molecular flexibility index (Phi) is 4.44. The number of halogens is 2. The van der Waals surface area contributed by atoms with Crippen molar-refractivity contribution < 1.29 is 22.9 Å². The first-order valence-electron chi connectivity index (χ1n) is 6.71. The average molecular weight is 323 g/mol. The Morgan fingerprint density at radius 1 is 1.09 bits per heavy atom. The van der Waals surface area contributed by atoms with E-state index in [2.05, 4.69) is 15.8 Å². The molecule has 8 heteroatoms. The summed E-state index contributed by atoms with van der Waals surface area (Å²) >= 11 is 0. The summed E-state index contributed by atoms with van der Waals surface area (Å²) in [6.45, 7) is 4.44. The summed E-state index contributed by atoms with van der Waals surface area (Å²) in [5.41, 5.74) is -1.43. The molecule has 23 heavy (non-hydrogen) atoms. The quantitative estimate of drug-likeness (QED) is 0.847. The molecule has 0 atom stereocenters. The SMILES string of the molecule is Cc1cc(NC(=O)C(C)(C)C(=O)Nc2ccc(F)c(F)c2)no1. The molecule has 2 aromatic rings. The third-order valence-corrected chi connectivity index (χ3v) is 3.18. The molecule has 0 spiro atoms. The van der Waals surface area contributed by atoms with Crippen LogP contribution in [0.15, 0.2) is 28.8 Å². The maximum absolute atomic E-state index is 13.2. The molecule has 2 rings (SSSR count). The molecule has 1 aromatic heterocycles. The van der Waals surface area contributed by atoms with Crippen LogP contribution in [0.2, 0.25) is 0 Å². The minimum Gasteiger partial charge on any atom is -0.360 e. The fourth-order valence-corrected chi connectivity index (χ4v) is 1.66. The Bertz CT molecular complexity index is 756. The van der Waals surface area contributed by atoms with Gasteiger partial charge in [-0.1, -0.05) is 5.16 Å². The predicted octanol–water partition coefficient (Wildman–Crippen LogP) is 2.86. The number of anilines is 2. The summed E-state index contributed by atoms with van der Waals surface area (Å²) in [6.07, 6.45) is 0. The first-order chi connectivity index (χ1) is 10.7. The maximum Gasteiger partial charge on any atom is 0.240 e. The summed E-state index contributed by atoms with van der Waals surface area (Å²) in [4.78, 5) is 24.4. The van der Waals surface area contributed by atoms with Gasteiger partial charge in [-0.15, -0.1) is 0 Å². The number of rotatable bonds is 4. The van der Waals surface area contributed by atoms with E-state index >= 15 is 0 Å². The van der Waals surface area contributed by atoms with Gasteiger partial charge in [0.25, 0.3) is 0 Å². The molecule has 0 saturated heterocycles. The fourth-order valence-electron chi connectivity index (χ4n) is 1.66. The molecular weight excluding hydrogens is 308 g/mol. The van der Waals surface area contributed by atoms with E-state index in [-0.39, 0.29) is 11.5 Å². The van der Waals surface area contributed by atoms with Crippen LogP contribution in [0.1, 0.15) is 19.6 Å². The summed E-state index contributed by atoms with van der Waals surface area (Å²) in [6, 6.07) is 4.42. The van der Waals surface area contributed by atoms with Crippen LogP contribution in [0.5, 0.6) is 0 Å². The number of nitrogens with one attached hydrogen (secondary N) is 2. The van der Waals surface area contributed by atoms with E-state index in [0.29, 0.717) is 5.76 Å². The highest BCUT2D eigenvalue weighted by Gasteiger charge is 2.36. The monoisotopic (exact) mass is 323 g/mol. The van der Waals surface area contributed by atoms with Crippen molar-refractivity contribution in [3.8, 4) is 0 Å². The number of carbonyl (C=O) groups is 2. The van der Waals surface area contributed by atoms with Crippen LogP contribution in [-0.2, 0) is 9.59 Å². The lowest BCUT2D eigenvalue weighted by Crippen LogP contribution is -2.41. The van der Waals surface area contributed by atoms with E-state index in [1.54, 1.807) is 6.92 Å². The van der Waals surface area contributed by atoms with Gasteiger partial charge in [-0.25, -0.2) is 8.78 Å². The van der Waals surface area contributed by atoms with Crippen LogP contribution >= 0.6 is 0 Å². The Morgan fingerprint density at radius 3 is 2.30 bits per heavy atom. The molecule has 0 aliphatic heterocycles. The molecular formula is C15H15F2N3O3. The summed E-state index contributed by atoms with van der Waals surface area (Å²) in [7, 11) is 0. The van der Waals surface area contributed by atoms with Gasteiger partial charge in [0.05, 0.1) is 0 Å². The molecule has 0 radical (unpaired) electrons. The van der Waals surface area contributed by atoms with Crippen molar-refractivity contribution in [2.45, 2.75) is 20.8 Å². The third kappa shape index (κ3) is 3.71. The smallest absolute Gasteiger partial charge is 0.240 e. The second kappa shape index (κ2) is 6.15. The highest BCUT2D eigenvalue weighted by atomic mass is 19.2. The van der Waals surface area contributed by atoms with Crippen molar-refractivity contribution in [3.05, 3.63) is 41.7 Å². The number of amides is 2. The zero-order valence-corrected chi connectivity index (χ0v) is 12.7. The molecule has 0 bridgehead atoms. The van der Waals surface area contributed by atoms with E-state index in [9.17, 15) is 18.4 Å². The second-order valence-corrected chi connectivity index (χ2v) is 5.48. The molecule has 6 nitrogen and oxygen atoms in total. The second-order valence-electron chi connectivity index (χ2n) is 5.48. The van der Waals surface area contributed by atoms with E-state index in [1.165, 1.54) is 26.0 Å². The number of hydrogen-bond donors (Lipinski definition) is 2. The number of aromatic nitrogens is 1. The lowest BCUT2D eigenvalue weighted by Gasteiger charge is -2.22. The Labute approximate surface area is 130 Å². The molecule has 2 amide bonds. The molecule has 0 aliphatic rings. The normalized spacial score (nSPS) is 11.2. The molecule has 1 aromatic carbocycles. The molecule has 2 N–H and O–H groups in total. The van der Waals surface area contributed by atoms with Crippen molar-refractivity contribution in [2.24, 2.45) is 5.41 Å². The topological polar surface area (TPSA) is 84.2 Å². The van der Waals surface area contributed by atoms with E-state index in [4.69, 9.17) is 4.52 Å². The minimum atomic E-state index is -1.47. The zero-order chi connectivity index (χ0) is 17.2. The standard InChI is InChI=1S/C15H15F2N3O3/c1-8-6-12(20-23-8)19-14(22)15(2,3)13(21)18-9-4-5-10(16)11(17)7-9/h4-7H,1-3H3,(H,18,21)(H,19,20,22). The molecule has 0 fully saturated rings. The fraction of sp³-hybridized carbons (Fsp3) is 0.267. The van der Waals surface area contributed by atoms with Gasteiger partial charge in [0, 0.05) is 17.8 Å². The van der Waals surface area contributed by atoms with Crippen molar-refractivity contribution >= 4 is 23.3 Å². The van der Waals surface area contributed by atoms with E-state index in [1.807, 2.05) is 0 Å². The molecule has 0 unspecified atom stereocenters. The predicted molar refractivity (Wildman–Crippen MR) is 78.6 cm³/mol. The largest absolute Gasteiger partial charge is 0.360 e. The van der Waals surface area contributed by atoms with Crippen molar-refractivity contribution in [3.63, 3.8) is 0 Å². The Morgan fingerprint density at radius 2 is 1.74 bits per heavy atom. The van der Waals surface area contributed by atoms with Crippen molar-refractivity contribution in [1.82, 2.24) is 5.16 Å². The lowest BCUT2D eigenvalue weighted by atomic mass is 9.91. The van der Waals surface area contributed by atoms with Crippen LogP contribution in [-0.4, -0.2) is 17.0 Å². The van der Waals surface area contributed by atoms with Crippen LogP contribution < -0.4 is 10.6 Å². The lowest BCUT2D eigenvalue weighted by molar-refractivity contribution is -0.135. The molecule has 0 saturated carbocycles. The third-order valence-electron chi connectivity index (χ3n) is 3.18.